The molecule has 1 N–H and O–H groups in total. The summed E-state index contributed by atoms with van der Waals surface area (Å²) in [5, 5.41) is 18.8. The van der Waals surface area contributed by atoms with Crippen molar-refractivity contribution in [3.63, 3.8) is 0 Å². The number of hydrogen-bond acceptors (Lipinski definition) is 3. The van der Waals surface area contributed by atoms with Crippen LogP contribution in [0.1, 0.15) is 42.1 Å². The third kappa shape index (κ3) is 2.31. The highest BCUT2D eigenvalue weighted by Gasteiger charge is 2.17. The zero-order valence-electron chi connectivity index (χ0n) is 11.4. The number of aromatic nitrogens is 4. The Morgan fingerprint density at radius 1 is 1.33 bits per heavy atom. The number of nitrogens with zero attached hydrogens (tertiary/aromatic N) is 4. The molecule has 0 aliphatic heterocycles. The molecule has 0 aliphatic rings. The predicted molar refractivity (Wildman–Crippen MR) is 69.3 cm³/mol. The van der Waals surface area contributed by atoms with E-state index in [1.54, 1.807) is 4.68 Å². The van der Waals surface area contributed by atoms with Crippen molar-refractivity contribution in [3.8, 4) is 0 Å². The molecule has 0 amide bonds. The molecule has 0 fully saturated rings. The number of hydrogen-bond donors (Lipinski definition) is 1. The number of aryl methyl sites for hydroxylation is 2. The van der Waals surface area contributed by atoms with Crippen molar-refractivity contribution in [2.45, 2.75) is 39.8 Å². The summed E-state index contributed by atoms with van der Waals surface area (Å²) in [6, 6.07) is 1.98. The SMILES string of the molecule is CCC(O)c1c(C)nn(Cc2ccn(C)n2)c1C. The molecular weight excluding hydrogens is 228 g/mol. The van der Waals surface area contributed by atoms with Gasteiger partial charge in [0.25, 0.3) is 0 Å². The Morgan fingerprint density at radius 2 is 2.06 bits per heavy atom. The van der Waals surface area contributed by atoms with Crippen molar-refractivity contribution in [2.75, 3.05) is 0 Å². The Kier molecular flexibility index (Phi) is 3.52. The zero-order valence-corrected chi connectivity index (χ0v) is 11.4. The molecule has 2 aromatic rings. The molecule has 5 heteroatoms. The van der Waals surface area contributed by atoms with E-state index in [1.165, 1.54) is 0 Å². The van der Waals surface area contributed by atoms with Crippen molar-refractivity contribution in [3.05, 3.63) is 34.9 Å². The summed E-state index contributed by atoms with van der Waals surface area (Å²) in [5.41, 5.74) is 3.85. The minimum absolute atomic E-state index is 0.428. The quantitative estimate of drug-likeness (QED) is 0.896. The lowest BCUT2D eigenvalue weighted by Gasteiger charge is -2.08. The number of aliphatic hydroxyl groups excluding tert-OH is 1. The topological polar surface area (TPSA) is 55.9 Å². The fourth-order valence-electron chi connectivity index (χ4n) is 2.25. The first-order valence-corrected chi connectivity index (χ1v) is 6.23. The van der Waals surface area contributed by atoms with E-state index < -0.39 is 6.10 Å². The van der Waals surface area contributed by atoms with E-state index in [1.807, 2.05) is 44.8 Å². The Hall–Kier alpha value is -1.62. The van der Waals surface area contributed by atoms with Gasteiger partial charge in [-0.05, 0) is 26.3 Å². The molecule has 1 unspecified atom stereocenters. The van der Waals surface area contributed by atoms with Crippen LogP contribution in [0.2, 0.25) is 0 Å². The van der Waals surface area contributed by atoms with E-state index in [2.05, 4.69) is 10.2 Å². The van der Waals surface area contributed by atoms with Gasteiger partial charge < -0.3 is 5.11 Å². The zero-order chi connectivity index (χ0) is 13.3. The van der Waals surface area contributed by atoms with Crippen LogP contribution in [0.25, 0.3) is 0 Å². The van der Waals surface area contributed by atoms with Crippen molar-refractivity contribution in [1.29, 1.82) is 0 Å². The fraction of sp³-hybridized carbons (Fsp3) is 0.538. The molecule has 0 saturated heterocycles. The van der Waals surface area contributed by atoms with Gasteiger partial charge in [-0.1, -0.05) is 6.92 Å². The summed E-state index contributed by atoms with van der Waals surface area (Å²) >= 11 is 0. The van der Waals surface area contributed by atoms with Crippen LogP contribution in [-0.2, 0) is 13.6 Å². The van der Waals surface area contributed by atoms with E-state index in [4.69, 9.17) is 0 Å². The fourth-order valence-corrected chi connectivity index (χ4v) is 2.25. The molecule has 98 valence electrons. The van der Waals surface area contributed by atoms with Crippen LogP contribution in [-0.4, -0.2) is 24.7 Å². The molecule has 0 aromatic carbocycles. The van der Waals surface area contributed by atoms with Crippen molar-refractivity contribution < 1.29 is 5.11 Å². The predicted octanol–water partition coefficient (Wildman–Crippen LogP) is 1.73. The highest BCUT2D eigenvalue weighted by Crippen LogP contribution is 2.24. The first-order chi connectivity index (χ1) is 8.52. The van der Waals surface area contributed by atoms with E-state index in [0.717, 1.165) is 22.6 Å². The van der Waals surface area contributed by atoms with Gasteiger partial charge in [0.2, 0.25) is 0 Å². The summed E-state index contributed by atoms with van der Waals surface area (Å²) in [5.74, 6) is 0. The van der Waals surface area contributed by atoms with E-state index in [9.17, 15) is 5.11 Å². The van der Waals surface area contributed by atoms with Gasteiger partial charge in [-0.15, -0.1) is 0 Å². The van der Waals surface area contributed by atoms with Gasteiger partial charge in [0, 0.05) is 24.5 Å². The van der Waals surface area contributed by atoms with Gasteiger partial charge in [0.05, 0.1) is 24.0 Å². The summed E-state index contributed by atoms with van der Waals surface area (Å²) < 4.78 is 3.69. The number of rotatable bonds is 4. The first-order valence-electron chi connectivity index (χ1n) is 6.23. The van der Waals surface area contributed by atoms with Crippen LogP contribution < -0.4 is 0 Å². The van der Waals surface area contributed by atoms with Gasteiger partial charge >= 0.3 is 0 Å². The molecule has 0 saturated carbocycles. The highest BCUT2D eigenvalue weighted by atomic mass is 16.3. The molecular formula is C13H20N4O. The van der Waals surface area contributed by atoms with E-state index in [-0.39, 0.29) is 0 Å². The van der Waals surface area contributed by atoms with E-state index >= 15 is 0 Å². The second-order valence-corrected chi connectivity index (χ2v) is 4.65. The monoisotopic (exact) mass is 248 g/mol. The first kappa shape index (κ1) is 12.8. The summed E-state index contributed by atoms with van der Waals surface area (Å²) in [4.78, 5) is 0. The van der Waals surface area contributed by atoms with Crippen molar-refractivity contribution in [2.24, 2.45) is 7.05 Å². The van der Waals surface area contributed by atoms with Crippen LogP contribution in [0, 0.1) is 13.8 Å². The second-order valence-electron chi connectivity index (χ2n) is 4.65. The van der Waals surface area contributed by atoms with Crippen molar-refractivity contribution >= 4 is 0 Å². The van der Waals surface area contributed by atoms with Gasteiger partial charge in [-0.25, -0.2) is 0 Å². The minimum atomic E-state index is -0.428. The molecule has 2 heterocycles. The highest BCUT2D eigenvalue weighted by molar-refractivity contribution is 5.27. The molecule has 0 spiro atoms. The second kappa shape index (κ2) is 4.94. The largest absolute Gasteiger partial charge is 0.388 e. The molecule has 5 nitrogen and oxygen atoms in total. The maximum atomic E-state index is 10.0. The van der Waals surface area contributed by atoms with Crippen LogP contribution in [0.4, 0.5) is 0 Å². The van der Waals surface area contributed by atoms with Gasteiger partial charge in [0.15, 0.2) is 0 Å². The lowest BCUT2D eigenvalue weighted by molar-refractivity contribution is 0.172. The maximum Gasteiger partial charge on any atom is 0.0853 e. The lowest BCUT2D eigenvalue weighted by Crippen LogP contribution is -2.06. The Bertz CT molecular complexity index is 541. The molecule has 1 atom stereocenters. The number of aliphatic hydroxyl groups is 1. The van der Waals surface area contributed by atoms with Crippen molar-refractivity contribution in [1.82, 2.24) is 19.6 Å². The molecule has 2 aromatic heterocycles. The van der Waals surface area contributed by atoms with Gasteiger partial charge in [-0.2, -0.15) is 10.2 Å². The lowest BCUT2D eigenvalue weighted by atomic mass is 10.1. The average Bonchev–Trinajstić information content (AvgIpc) is 2.84. The molecule has 0 radical (unpaired) electrons. The molecule has 18 heavy (non-hydrogen) atoms. The normalized spacial score (nSPS) is 12.9. The van der Waals surface area contributed by atoms with Crippen LogP contribution >= 0.6 is 0 Å². The van der Waals surface area contributed by atoms with Gasteiger partial charge in [-0.3, -0.25) is 9.36 Å². The smallest absolute Gasteiger partial charge is 0.0853 e. The Morgan fingerprint density at radius 3 is 2.61 bits per heavy atom. The molecule has 0 aliphatic carbocycles. The third-order valence-electron chi connectivity index (χ3n) is 3.24. The Labute approximate surface area is 107 Å². The molecule has 0 bridgehead atoms. The minimum Gasteiger partial charge on any atom is -0.388 e. The average molecular weight is 248 g/mol. The standard InChI is InChI=1S/C13H20N4O/c1-5-12(18)13-9(2)14-17(10(13)3)8-11-6-7-16(4)15-11/h6-7,12,18H,5,8H2,1-4H3. The summed E-state index contributed by atoms with van der Waals surface area (Å²) in [6.07, 6.45) is 2.20. The van der Waals surface area contributed by atoms with E-state index in [0.29, 0.717) is 13.0 Å². The van der Waals surface area contributed by atoms with Crippen LogP contribution in [0.3, 0.4) is 0 Å². The maximum absolute atomic E-state index is 10.0. The third-order valence-corrected chi connectivity index (χ3v) is 3.24. The summed E-state index contributed by atoms with van der Waals surface area (Å²) in [7, 11) is 1.90. The summed E-state index contributed by atoms with van der Waals surface area (Å²) in [6.45, 7) is 6.55. The Balaban J connectivity index is 2.29. The van der Waals surface area contributed by atoms with Crippen LogP contribution in [0.5, 0.6) is 0 Å². The molecule has 2 rings (SSSR count). The van der Waals surface area contributed by atoms with Gasteiger partial charge in [0.1, 0.15) is 0 Å². The van der Waals surface area contributed by atoms with Crippen LogP contribution in [0.15, 0.2) is 12.3 Å².